The number of benzene rings is 2. The van der Waals surface area contributed by atoms with Gasteiger partial charge in [-0.3, -0.25) is 0 Å². The molecule has 1 aliphatic heterocycles. The van der Waals surface area contributed by atoms with Gasteiger partial charge in [0.1, 0.15) is 5.69 Å². The first-order valence-corrected chi connectivity index (χ1v) is 7.89. The van der Waals surface area contributed by atoms with E-state index >= 15 is 0 Å². The van der Waals surface area contributed by atoms with E-state index in [0.717, 1.165) is 22.4 Å². The first-order valence-electron chi connectivity index (χ1n) is 7.10. The fourth-order valence-electron chi connectivity index (χ4n) is 2.71. The Morgan fingerprint density at radius 1 is 1.04 bits per heavy atom. The Labute approximate surface area is 143 Å². The summed E-state index contributed by atoms with van der Waals surface area (Å²) in [6.07, 6.45) is 0. The molecule has 0 radical (unpaired) electrons. The SMILES string of the molecule is S=C1Nc2onc(-c3ccccc3)c2C(c2ccc(Cl)cc2)N1. The Hall–Kier alpha value is -2.37. The molecule has 0 fully saturated rings. The van der Waals surface area contributed by atoms with Gasteiger partial charge in [-0.25, -0.2) is 0 Å². The molecule has 114 valence electrons. The smallest absolute Gasteiger partial charge is 0.237 e. The van der Waals surface area contributed by atoms with Crippen LogP contribution < -0.4 is 10.6 Å². The second-order valence-electron chi connectivity index (χ2n) is 5.22. The summed E-state index contributed by atoms with van der Waals surface area (Å²) >= 11 is 11.3. The van der Waals surface area contributed by atoms with Gasteiger partial charge in [-0.2, -0.15) is 0 Å². The maximum Gasteiger partial charge on any atom is 0.237 e. The zero-order valence-corrected chi connectivity index (χ0v) is 13.5. The van der Waals surface area contributed by atoms with E-state index in [0.29, 0.717) is 16.0 Å². The van der Waals surface area contributed by atoms with Crippen LogP contribution in [-0.2, 0) is 0 Å². The molecule has 3 aromatic rings. The van der Waals surface area contributed by atoms with Crippen molar-refractivity contribution in [2.24, 2.45) is 0 Å². The number of hydrogen-bond donors (Lipinski definition) is 2. The van der Waals surface area contributed by atoms with Gasteiger partial charge in [0.2, 0.25) is 5.88 Å². The molecule has 0 saturated heterocycles. The van der Waals surface area contributed by atoms with E-state index in [1.165, 1.54) is 0 Å². The van der Waals surface area contributed by atoms with Crippen molar-refractivity contribution in [3.05, 3.63) is 70.7 Å². The fourth-order valence-corrected chi connectivity index (χ4v) is 3.04. The van der Waals surface area contributed by atoms with Gasteiger partial charge in [-0.1, -0.05) is 59.2 Å². The summed E-state index contributed by atoms with van der Waals surface area (Å²) in [6.45, 7) is 0. The van der Waals surface area contributed by atoms with Crippen LogP contribution in [0.5, 0.6) is 0 Å². The Morgan fingerprint density at radius 2 is 1.78 bits per heavy atom. The van der Waals surface area contributed by atoms with Crippen molar-refractivity contribution in [1.29, 1.82) is 0 Å². The van der Waals surface area contributed by atoms with E-state index in [4.69, 9.17) is 28.3 Å². The third-order valence-electron chi connectivity index (χ3n) is 3.77. The number of anilines is 1. The van der Waals surface area contributed by atoms with E-state index in [1.54, 1.807) is 0 Å². The lowest BCUT2D eigenvalue weighted by atomic mass is 9.95. The molecule has 23 heavy (non-hydrogen) atoms. The van der Waals surface area contributed by atoms with Crippen LogP contribution in [0.3, 0.4) is 0 Å². The Balaban J connectivity index is 1.86. The molecule has 0 spiro atoms. The summed E-state index contributed by atoms with van der Waals surface area (Å²) in [4.78, 5) is 0. The van der Waals surface area contributed by atoms with Gasteiger partial charge < -0.3 is 15.2 Å². The van der Waals surface area contributed by atoms with Crippen LogP contribution in [0, 0.1) is 0 Å². The van der Waals surface area contributed by atoms with Gasteiger partial charge >= 0.3 is 0 Å². The minimum atomic E-state index is -0.141. The number of halogens is 1. The second-order valence-corrected chi connectivity index (χ2v) is 6.07. The lowest BCUT2D eigenvalue weighted by molar-refractivity contribution is 0.435. The fraction of sp³-hybridized carbons (Fsp3) is 0.0588. The predicted octanol–water partition coefficient (Wildman–Crippen LogP) is 4.38. The van der Waals surface area contributed by atoms with Crippen molar-refractivity contribution in [3.8, 4) is 11.3 Å². The van der Waals surface area contributed by atoms with Gasteiger partial charge in [0.05, 0.1) is 11.6 Å². The zero-order chi connectivity index (χ0) is 15.8. The number of rotatable bonds is 2. The average Bonchev–Trinajstić information content (AvgIpc) is 2.99. The molecule has 0 amide bonds. The highest BCUT2D eigenvalue weighted by Gasteiger charge is 2.31. The van der Waals surface area contributed by atoms with Crippen molar-refractivity contribution in [1.82, 2.24) is 10.5 Å². The monoisotopic (exact) mass is 341 g/mol. The van der Waals surface area contributed by atoms with Crippen LogP contribution in [-0.4, -0.2) is 10.3 Å². The molecular weight excluding hydrogens is 330 g/mol. The largest absolute Gasteiger partial charge is 0.351 e. The Morgan fingerprint density at radius 3 is 2.52 bits per heavy atom. The third-order valence-corrected chi connectivity index (χ3v) is 4.24. The third kappa shape index (κ3) is 2.58. The van der Waals surface area contributed by atoms with Gasteiger partial charge in [0, 0.05) is 10.6 Å². The standard InChI is InChI=1S/C17H12ClN3OS/c18-12-8-6-11(7-9-12)14-13-15(10-4-2-1-3-5-10)21-22-16(13)20-17(23)19-14/h1-9,14H,(H2,19,20,23). The van der Waals surface area contributed by atoms with Crippen LogP contribution in [0.15, 0.2) is 59.1 Å². The van der Waals surface area contributed by atoms with Gasteiger partial charge in [0.15, 0.2) is 5.11 Å². The lowest BCUT2D eigenvalue weighted by Crippen LogP contribution is -2.37. The quantitative estimate of drug-likeness (QED) is 0.677. The Bertz CT molecular complexity index is 861. The average molecular weight is 342 g/mol. The molecule has 2 N–H and O–H groups in total. The second kappa shape index (κ2) is 5.68. The van der Waals surface area contributed by atoms with E-state index in [9.17, 15) is 0 Å². The van der Waals surface area contributed by atoms with Gasteiger partial charge in [-0.15, -0.1) is 0 Å². The molecule has 1 aromatic heterocycles. The Kier molecular flexibility index (Phi) is 3.52. The maximum atomic E-state index is 6.00. The molecule has 2 heterocycles. The number of thiocarbonyl (C=S) groups is 1. The maximum absolute atomic E-state index is 6.00. The molecule has 1 atom stereocenters. The minimum Gasteiger partial charge on any atom is -0.351 e. The molecule has 6 heteroatoms. The highest BCUT2D eigenvalue weighted by molar-refractivity contribution is 7.80. The van der Waals surface area contributed by atoms with Crippen LogP contribution in [0.25, 0.3) is 11.3 Å². The number of nitrogens with one attached hydrogen (secondary N) is 2. The molecule has 1 unspecified atom stereocenters. The highest BCUT2D eigenvalue weighted by Crippen LogP contribution is 2.39. The van der Waals surface area contributed by atoms with Gasteiger partial charge in [0.25, 0.3) is 0 Å². The van der Waals surface area contributed by atoms with Crippen LogP contribution >= 0.6 is 23.8 Å². The molecule has 0 aliphatic carbocycles. The number of aromatic nitrogens is 1. The molecule has 4 nitrogen and oxygen atoms in total. The summed E-state index contributed by atoms with van der Waals surface area (Å²) in [5.74, 6) is 0.576. The van der Waals surface area contributed by atoms with Crippen LogP contribution in [0.2, 0.25) is 5.02 Å². The topological polar surface area (TPSA) is 50.1 Å². The molecular formula is C17H12ClN3OS. The lowest BCUT2D eigenvalue weighted by Gasteiger charge is -2.26. The number of fused-ring (bicyclic) bond motifs is 1. The first kappa shape index (κ1) is 14.2. The summed E-state index contributed by atoms with van der Waals surface area (Å²) in [7, 11) is 0. The highest BCUT2D eigenvalue weighted by atomic mass is 35.5. The van der Waals surface area contributed by atoms with E-state index in [2.05, 4.69) is 15.8 Å². The molecule has 2 aromatic carbocycles. The summed E-state index contributed by atoms with van der Waals surface area (Å²) in [5, 5.41) is 11.7. The molecule has 0 bridgehead atoms. The first-order chi connectivity index (χ1) is 11.2. The molecule has 4 rings (SSSR count). The summed E-state index contributed by atoms with van der Waals surface area (Å²) in [6, 6.07) is 17.4. The summed E-state index contributed by atoms with van der Waals surface area (Å²) < 4.78 is 5.47. The minimum absolute atomic E-state index is 0.141. The molecule has 1 aliphatic rings. The van der Waals surface area contributed by atoms with E-state index < -0.39 is 0 Å². The van der Waals surface area contributed by atoms with E-state index in [-0.39, 0.29) is 6.04 Å². The van der Waals surface area contributed by atoms with Gasteiger partial charge in [-0.05, 0) is 29.9 Å². The van der Waals surface area contributed by atoms with Crippen molar-refractivity contribution in [2.45, 2.75) is 6.04 Å². The van der Waals surface area contributed by atoms with Crippen LogP contribution in [0.1, 0.15) is 17.2 Å². The summed E-state index contributed by atoms with van der Waals surface area (Å²) in [5.41, 5.74) is 3.77. The van der Waals surface area contributed by atoms with Crippen molar-refractivity contribution < 1.29 is 4.52 Å². The predicted molar refractivity (Wildman–Crippen MR) is 94.6 cm³/mol. The number of hydrogen-bond acceptors (Lipinski definition) is 3. The van der Waals surface area contributed by atoms with E-state index in [1.807, 2.05) is 54.6 Å². The van der Waals surface area contributed by atoms with Crippen molar-refractivity contribution >= 4 is 34.8 Å². The zero-order valence-electron chi connectivity index (χ0n) is 11.9. The van der Waals surface area contributed by atoms with Crippen molar-refractivity contribution in [3.63, 3.8) is 0 Å². The molecule has 0 saturated carbocycles. The normalized spacial score (nSPS) is 16.4. The van der Waals surface area contributed by atoms with Crippen molar-refractivity contribution in [2.75, 3.05) is 5.32 Å². The number of nitrogens with zero attached hydrogens (tertiary/aromatic N) is 1. The van der Waals surface area contributed by atoms with Crippen LogP contribution in [0.4, 0.5) is 5.88 Å².